The maximum atomic E-state index is 11.5. The molecule has 1 saturated heterocycles. The number of nitrogens with one attached hydrogen (secondary N) is 1. The highest BCUT2D eigenvalue weighted by atomic mass is 31.0. The van der Waals surface area contributed by atoms with Crippen molar-refractivity contribution in [2.45, 2.75) is 56.3 Å². The van der Waals surface area contributed by atoms with Crippen LogP contribution in [0.5, 0.6) is 0 Å². The minimum absolute atomic E-state index is 0.133. The standard InChI is InChI=1S/C12H20NO8P/c1-5(15)13-9-7(16)3-12(11(18)19,20-6(2)22)21-10(9)8(17)4-14/h4,6-10,16-17H,3,22H2,1-2H3,(H,13,15)(H,18,19). The number of carbonyl (C=O) groups is 3. The van der Waals surface area contributed by atoms with E-state index in [1.54, 1.807) is 0 Å². The van der Waals surface area contributed by atoms with Crippen molar-refractivity contribution in [2.24, 2.45) is 0 Å². The first-order chi connectivity index (χ1) is 10.1. The maximum absolute atomic E-state index is 11.5. The zero-order chi connectivity index (χ0) is 17.1. The second-order valence-electron chi connectivity index (χ2n) is 5.09. The monoisotopic (exact) mass is 337 g/mol. The summed E-state index contributed by atoms with van der Waals surface area (Å²) < 4.78 is 10.5. The molecule has 0 spiro atoms. The number of aliphatic hydroxyl groups excluding tert-OH is 2. The molecule has 0 saturated carbocycles. The van der Waals surface area contributed by atoms with Crippen molar-refractivity contribution in [3.05, 3.63) is 0 Å². The molecule has 1 aliphatic heterocycles. The molecule has 10 heteroatoms. The summed E-state index contributed by atoms with van der Waals surface area (Å²) in [5.41, 5.74) is 0. The van der Waals surface area contributed by atoms with Crippen molar-refractivity contribution < 1.29 is 39.2 Å². The average Bonchev–Trinajstić information content (AvgIpc) is 2.39. The quantitative estimate of drug-likeness (QED) is 0.329. The number of amides is 1. The number of rotatable bonds is 6. The van der Waals surface area contributed by atoms with Crippen molar-refractivity contribution in [1.29, 1.82) is 0 Å². The molecule has 22 heavy (non-hydrogen) atoms. The van der Waals surface area contributed by atoms with Crippen molar-refractivity contribution in [3.8, 4) is 0 Å². The smallest absolute Gasteiger partial charge is 0.364 e. The second kappa shape index (κ2) is 7.43. The van der Waals surface area contributed by atoms with Gasteiger partial charge in [0.25, 0.3) is 5.79 Å². The molecule has 0 aromatic heterocycles. The highest BCUT2D eigenvalue weighted by Gasteiger charge is 2.55. The Morgan fingerprint density at radius 3 is 2.55 bits per heavy atom. The van der Waals surface area contributed by atoms with Crippen LogP contribution in [0.15, 0.2) is 0 Å². The molecule has 0 radical (unpaired) electrons. The molecule has 0 aromatic rings. The Balaban J connectivity index is 3.16. The third-order valence-electron chi connectivity index (χ3n) is 3.12. The predicted octanol–water partition coefficient (Wildman–Crippen LogP) is -1.78. The van der Waals surface area contributed by atoms with Gasteiger partial charge in [0.15, 0.2) is 6.29 Å². The number of hydrogen-bond donors (Lipinski definition) is 4. The fraction of sp³-hybridized carbons (Fsp3) is 0.750. The molecular formula is C12H20NO8P. The van der Waals surface area contributed by atoms with E-state index in [2.05, 4.69) is 14.6 Å². The van der Waals surface area contributed by atoms with Gasteiger partial charge in [-0.15, -0.1) is 9.24 Å². The Bertz CT molecular complexity index is 445. The van der Waals surface area contributed by atoms with Crippen LogP contribution in [-0.2, 0) is 23.9 Å². The molecule has 7 unspecified atom stereocenters. The zero-order valence-corrected chi connectivity index (χ0v) is 13.3. The third kappa shape index (κ3) is 4.21. The first kappa shape index (κ1) is 18.9. The number of carbonyl (C=O) groups excluding carboxylic acids is 2. The normalized spacial score (nSPS) is 34.5. The molecule has 0 aliphatic carbocycles. The Morgan fingerprint density at radius 2 is 2.14 bits per heavy atom. The lowest BCUT2D eigenvalue weighted by atomic mass is 9.90. The van der Waals surface area contributed by atoms with Crippen LogP contribution in [0.4, 0.5) is 0 Å². The Hall–Kier alpha value is -1.12. The van der Waals surface area contributed by atoms with Gasteiger partial charge in [0.1, 0.15) is 12.2 Å². The van der Waals surface area contributed by atoms with Gasteiger partial charge in [0.05, 0.1) is 18.0 Å². The fourth-order valence-corrected chi connectivity index (χ4v) is 2.52. The molecule has 1 rings (SSSR count). The Kier molecular flexibility index (Phi) is 6.39. The molecule has 4 N–H and O–H groups in total. The van der Waals surface area contributed by atoms with E-state index >= 15 is 0 Å². The highest BCUT2D eigenvalue weighted by molar-refractivity contribution is 7.17. The molecule has 0 bridgehead atoms. The summed E-state index contributed by atoms with van der Waals surface area (Å²) in [5.74, 6) is -4.90. The molecule has 1 fully saturated rings. The van der Waals surface area contributed by atoms with E-state index in [0.717, 1.165) is 0 Å². The van der Waals surface area contributed by atoms with Crippen molar-refractivity contribution in [2.75, 3.05) is 0 Å². The topological polar surface area (TPSA) is 142 Å². The van der Waals surface area contributed by atoms with E-state index in [0.29, 0.717) is 0 Å². The number of carboxylic acid groups (broad SMARTS) is 1. The number of aldehydes is 1. The van der Waals surface area contributed by atoms with Crippen LogP contribution in [0.3, 0.4) is 0 Å². The summed E-state index contributed by atoms with van der Waals surface area (Å²) in [5, 5.41) is 31.6. The maximum Gasteiger partial charge on any atom is 0.364 e. The van der Waals surface area contributed by atoms with Gasteiger partial charge in [-0.1, -0.05) is 0 Å². The largest absolute Gasteiger partial charge is 0.477 e. The van der Waals surface area contributed by atoms with Crippen LogP contribution >= 0.6 is 9.24 Å². The molecule has 1 aliphatic rings. The summed E-state index contributed by atoms with van der Waals surface area (Å²) in [4.78, 5) is 33.5. The summed E-state index contributed by atoms with van der Waals surface area (Å²) in [6.07, 6.45) is -4.95. The lowest BCUT2D eigenvalue weighted by Gasteiger charge is -2.45. The van der Waals surface area contributed by atoms with Gasteiger partial charge >= 0.3 is 5.97 Å². The Labute approximate surface area is 129 Å². The Morgan fingerprint density at radius 1 is 1.55 bits per heavy atom. The minimum atomic E-state index is -2.23. The molecule has 1 amide bonds. The van der Waals surface area contributed by atoms with E-state index in [1.165, 1.54) is 13.8 Å². The van der Waals surface area contributed by atoms with E-state index < -0.39 is 54.3 Å². The van der Waals surface area contributed by atoms with Crippen molar-refractivity contribution in [3.63, 3.8) is 0 Å². The summed E-state index contributed by atoms with van der Waals surface area (Å²) in [6, 6.07) is -1.14. The van der Waals surface area contributed by atoms with Crippen LogP contribution in [0.2, 0.25) is 0 Å². The van der Waals surface area contributed by atoms with E-state index in [9.17, 15) is 29.7 Å². The van der Waals surface area contributed by atoms with Crippen LogP contribution in [0.25, 0.3) is 0 Å². The van der Waals surface area contributed by atoms with Gasteiger partial charge in [0.2, 0.25) is 5.91 Å². The first-order valence-corrected chi connectivity index (χ1v) is 7.22. The molecule has 7 atom stereocenters. The summed E-state index contributed by atoms with van der Waals surface area (Å²) >= 11 is 0. The van der Waals surface area contributed by atoms with E-state index in [1.807, 2.05) is 0 Å². The van der Waals surface area contributed by atoms with Crippen molar-refractivity contribution >= 4 is 27.4 Å². The van der Waals surface area contributed by atoms with Gasteiger partial charge < -0.3 is 34.9 Å². The number of hydrogen-bond acceptors (Lipinski definition) is 7. The fourth-order valence-electron chi connectivity index (χ4n) is 2.30. The average molecular weight is 337 g/mol. The van der Waals surface area contributed by atoms with Gasteiger partial charge in [-0.05, 0) is 6.92 Å². The lowest BCUT2D eigenvalue weighted by Crippen LogP contribution is -2.66. The van der Waals surface area contributed by atoms with Crippen molar-refractivity contribution in [1.82, 2.24) is 5.32 Å². The van der Waals surface area contributed by atoms with Gasteiger partial charge in [-0.2, -0.15) is 0 Å². The lowest BCUT2D eigenvalue weighted by molar-refractivity contribution is -0.306. The number of carboxylic acids is 1. The van der Waals surface area contributed by atoms with E-state index in [-0.39, 0.29) is 6.29 Å². The first-order valence-electron chi connectivity index (χ1n) is 6.56. The molecule has 126 valence electrons. The molecule has 1 heterocycles. The highest BCUT2D eigenvalue weighted by Crippen LogP contribution is 2.34. The second-order valence-corrected chi connectivity index (χ2v) is 6.03. The number of aliphatic carboxylic acids is 1. The minimum Gasteiger partial charge on any atom is -0.477 e. The molecule has 9 nitrogen and oxygen atoms in total. The van der Waals surface area contributed by atoms with Crippen LogP contribution < -0.4 is 5.32 Å². The van der Waals surface area contributed by atoms with Crippen LogP contribution in [0, 0.1) is 0 Å². The molecular weight excluding hydrogens is 317 g/mol. The number of ether oxygens (including phenoxy) is 2. The number of aliphatic hydroxyl groups is 2. The van der Waals surface area contributed by atoms with Gasteiger partial charge in [-0.3, -0.25) is 4.79 Å². The summed E-state index contributed by atoms with van der Waals surface area (Å²) in [7, 11) is 2.21. The third-order valence-corrected chi connectivity index (χ3v) is 3.26. The zero-order valence-electron chi connectivity index (χ0n) is 12.1. The SMILES string of the molecule is CC(=O)NC1C(O)CC(OC(C)P)(C(=O)O)OC1C(O)C=O. The van der Waals surface area contributed by atoms with Gasteiger partial charge in [-0.25, -0.2) is 4.79 Å². The van der Waals surface area contributed by atoms with Crippen LogP contribution in [-0.4, -0.2) is 69.5 Å². The van der Waals surface area contributed by atoms with E-state index in [4.69, 9.17) is 9.47 Å². The van der Waals surface area contributed by atoms with Crippen LogP contribution in [0.1, 0.15) is 20.3 Å². The summed E-state index contributed by atoms with van der Waals surface area (Å²) in [6.45, 7) is 2.72. The van der Waals surface area contributed by atoms with Gasteiger partial charge in [0, 0.05) is 13.3 Å². The molecule has 0 aromatic carbocycles. The predicted molar refractivity (Wildman–Crippen MR) is 75.8 cm³/mol.